The molecule has 0 spiro atoms. The number of aliphatic carboxylic acids is 1. The van der Waals surface area contributed by atoms with Gasteiger partial charge in [0.2, 0.25) is 23.6 Å². The number of rotatable bonds is 10. The molecule has 4 atom stereocenters. The van der Waals surface area contributed by atoms with Crippen molar-refractivity contribution in [2.75, 3.05) is 19.8 Å². The van der Waals surface area contributed by atoms with Gasteiger partial charge in [0, 0.05) is 6.54 Å². The van der Waals surface area contributed by atoms with Gasteiger partial charge in [0.05, 0.1) is 19.6 Å². The van der Waals surface area contributed by atoms with Crippen molar-refractivity contribution in [3.63, 3.8) is 0 Å². The van der Waals surface area contributed by atoms with E-state index in [0.717, 1.165) is 0 Å². The van der Waals surface area contributed by atoms with Crippen molar-refractivity contribution in [2.24, 2.45) is 11.5 Å². The Morgan fingerprint density at radius 1 is 1.07 bits per heavy atom. The average Bonchev–Trinajstić information content (AvgIpc) is 3.13. The summed E-state index contributed by atoms with van der Waals surface area (Å²) in [7, 11) is 0. The summed E-state index contributed by atoms with van der Waals surface area (Å²) < 4.78 is 0. The SMILES string of the molecule is NC(=O)CC(NC(=O)C1CCCN1C(=O)C(N)CO)C(=O)NC(CO)C(=O)O. The number of carbonyl (C=O) groups excluding carboxylic acids is 4. The molecule has 158 valence electrons. The predicted octanol–water partition coefficient (Wildman–Crippen LogP) is -4.78. The molecule has 13 heteroatoms. The maximum atomic E-state index is 12.6. The Labute approximate surface area is 160 Å². The van der Waals surface area contributed by atoms with Crippen LogP contribution in [0.15, 0.2) is 0 Å². The number of aliphatic hydroxyl groups excluding tert-OH is 2. The van der Waals surface area contributed by atoms with Crippen LogP contribution in [-0.4, -0.2) is 93.7 Å². The molecular weight excluding hydrogens is 378 g/mol. The highest BCUT2D eigenvalue weighted by atomic mass is 16.4. The number of nitrogens with two attached hydrogens (primary N) is 2. The lowest BCUT2D eigenvalue weighted by atomic mass is 10.1. The van der Waals surface area contributed by atoms with Crippen LogP contribution < -0.4 is 22.1 Å². The fraction of sp³-hybridized carbons (Fsp3) is 0.667. The first-order valence-corrected chi connectivity index (χ1v) is 8.52. The van der Waals surface area contributed by atoms with Gasteiger partial charge in [0.1, 0.15) is 24.2 Å². The van der Waals surface area contributed by atoms with E-state index in [2.05, 4.69) is 5.32 Å². The average molecular weight is 403 g/mol. The zero-order valence-electron chi connectivity index (χ0n) is 15.0. The van der Waals surface area contributed by atoms with Crippen LogP contribution in [0.5, 0.6) is 0 Å². The van der Waals surface area contributed by atoms with E-state index in [1.165, 1.54) is 4.90 Å². The van der Waals surface area contributed by atoms with E-state index in [1.807, 2.05) is 5.32 Å². The first kappa shape index (κ1) is 23.3. The molecular formula is C15H25N5O8. The maximum absolute atomic E-state index is 12.6. The van der Waals surface area contributed by atoms with Crippen LogP contribution >= 0.6 is 0 Å². The lowest BCUT2D eigenvalue weighted by molar-refractivity contribution is -0.144. The molecule has 4 unspecified atom stereocenters. The first-order valence-electron chi connectivity index (χ1n) is 8.52. The lowest BCUT2D eigenvalue weighted by Gasteiger charge is -2.28. The van der Waals surface area contributed by atoms with E-state index in [4.69, 9.17) is 26.8 Å². The summed E-state index contributed by atoms with van der Waals surface area (Å²) >= 11 is 0. The van der Waals surface area contributed by atoms with Gasteiger partial charge in [-0.05, 0) is 12.8 Å². The molecule has 0 aromatic rings. The van der Waals surface area contributed by atoms with Crippen LogP contribution in [-0.2, 0) is 24.0 Å². The minimum Gasteiger partial charge on any atom is -0.480 e. The van der Waals surface area contributed by atoms with E-state index < -0.39 is 73.4 Å². The summed E-state index contributed by atoms with van der Waals surface area (Å²) in [5.41, 5.74) is 10.6. The fourth-order valence-electron chi connectivity index (χ4n) is 2.73. The lowest BCUT2D eigenvalue weighted by Crippen LogP contribution is -2.58. The number of aliphatic hydroxyl groups is 2. The molecule has 0 aromatic heterocycles. The first-order chi connectivity index (χ1) is 13.1. The number of likely N-dealkylation sites (tertiary alicyclic amines) is 1. The third-order valence-corrected chi connectivity index (χ3v) is 4.19. The monoisotopic (exact) mass is 403 g/mol. The minimum absolute atomic E-state index is 0.225. The Kier molecular flexibility index (Phi) is 8.76. The molecule has 1 aliphatic rings. The molecule has 0 saturated carbocycles. The molecule has 13 nitrogen and oxygen atoms in total. The van der Waals surface area contributed by atoms with E-state index in [0.29, 0.717) is 6.42 Å². The standard InChI is InChI=1S/C15H25N5O8/c16-7(5-21)14(26)20-3-1-2-10(20)13(25)18-8(4-11(17)23)12(24)19-9(6-22)15(27)28/h7-10,21-22H,1-6,16H2,(H2,17,23)(H,18,25)(H,19,24)(H,27,28). The zero-order chi connectivity index (χ0) is 21.4. The summed E-state index contributed by atoms with van der Waals surface area (Å²) in [6.45, 7) is -1.28. The van der Waals surface area contributed by atoms with Gasteiger partial charge < -0.3 is 42.3 Å². The molecule has 0 bridgehead atoms. The molecule has 9 N–H and O–H groups in total. The van der Waals surface area contributed by atoms with Crippen LogP contribution in [0, 0.1) is 0 Å². The zero-order valence-corrected chi connectivity index (χ0v) is 15.0. The molecule has 1 heterocycles. The molecule has 1 rings (SSSR count). The second-order valence-electron chi connectivity index (χ2n) is 6.29. The Bertz CT molecular complexity index is 628. The highest BCUT2D eigenvalue weighted by Crippen LogP contribution is 2.18. The molecule has 4 amide bonds. The van der Waals surface area contributed by atoms with E-state index >= 15 is 0 Å². The van der Waals surface area contributed by atoms with Gasteiger partial charge in [-0.2, -0.15) is 0 Å². The van der Waals surface area contributed by atoms with Gasteiger partial charge in [-0.1, -0.05) is 0 Å². The highest BCUT2D eigenvalue weighted by Gasteiger charge is 2.38. The Morgan fingerprint density at radius 3 is 2.21 bits per heavy atom. The molecule has 0 aromatic carbocycles. The van der Waals surface area contributed by atoms with Gasteiger partial charge in [0.15, 0.2) is 0 Å². The van der Waals surface area contributed by atoms with Crippen molar-refractivity contribution in [2.45, 2.75) is 43.4 Å². The number of carboxylic acid groups (broad SMARTS) is 1. The van der Waals surface area contributed by atoms with Crippen molar-refractivity contribution in [1.29, 1.82) is 0 Å². The number of primary amides is 1. The number of nitrogens with one attached hydrogen (secondary N) is 2. The van der Waals surface area contributed by atoms with Crippen molar-refractivity contribution >= 4 is 29.6 Å². The summed E-state index contributed by atoms with van der Waals surface area (Å²) in [5.74, 6) is -4.87. The molecule has 28 heavy (non-hydrogen) atoms. The minimum atomic E-state index is -1.63. The van der Waals surface area contributed by atoms with E-state index in [1.54, 1.807) is 0 Å². The number of hydrogen-bond acceptors (Lipinski definition) is 8. The third-order valence-electron chi connectivity index (χ3n) is 4.19. The van der Waals surface area contributed by atoms with Gasteiger partial charge in [-0.25, -0.2) is 4.79 Å². The molecule has 0 radical (unpaired) electrons. The summed E-state index contributed by atoms with van der Waals surface area (Å²) in [6.07, 6.45) is 0.140. The van der Waals surface area contributed by atoms with Crippen LogP contribution in [0.2, 0.25) is 0 Å². The van der Waals surface area contributed by atoms with Gasteiger partial charge in [-0.3, -0.25) is 19.2 Å². The Balaban J connectivity index is 2.88. The molecule has 1 saturated heterocycles. The van der Waals surface area contributed by atoms with Crippen LogP contribution in [0.3, 0.4) is 0 Å². The largest absolute Gasteiger partial charge is 0.480 e. The number of amides is 4. The second kappa shape index (κ2) is 10.5. The number of carbonyl (C=O) groups is 5. The summed E-state index contributed by atoms with van der Waals surface area (Å²) in [6, 6.07) is -5.30. The van der Waals surface area contributed by atoms with Crippen LogP contribution in [0.4, 0.5) is 0 Å². The van der Waals surface area contributed by atoms with E-state index in [-0.39, 0.29) is 13.0 Å². The Hall–Kier alpha value is -2.77. The quantitative estimate of drug-likeness (QED) is 0.185. The molecule has 1 fully saturated rings. The van der Waals surface area contributed by atoms with Crippen molar-refractivity contribution in [1.82, 2.24) is 15.5 Å². The van der Waals surface area contributed by atoms with Crippen molar-refractivity contribution in [3.05, 3.63) is 0 Å². The normalized spacial score (nSPS) is 19.4. The highest BCUT2D eigenvalue weighted by molar-refractivity contribution is 5.96. The maximum Gasteiger partial charge on any atom is 0.328 e. The Morgan fingerprint density at radius 2 is 1.71 bits per heavy atom. The predicted molar refractivity (Wildman–Crippen MR) is 92.2 cm³/mol. The topological polar surface area (TPSA) is 225 Å². The number of nitrogens with zero attached hydrogens (tertiary/aromatic N) is 1. The summed E-state index contributed by atoms with van der Waals surface area (Å²) in [4.78, 5) is 60.3. The number of hydrogen-bond donors (Lipinski definition) is 7. The van der Waals surface area contributed by atoms with Gasteiger partial charge in [0.25, 0.3) is 0 Å². The van der Waals surface area contributed by atoms with Crippen molar-refractivity contribution < 1.29 is 39.3 Å². The molecule has 1 aliphatic heterocycles. The third kappa shape index (κ3) is 6.14. The summed E-state index contributed by atoms with van der Waals surface area (Å²) in [5, 5.41) is 31.1. The smallest absolute Gasteiger partial charge is 0.328 e. The van der Waals surface area contributed by atoms with Crippen molar-refractivity contribution in [3.8, 4) is 0 Å². The molecule has 0 aliphatic carbocycles. The number of carboxylic acids is 1. The van der Waals surface area contributed by atoms with E-state index in [9.17, 15) is 24.0 Å². The van der Waals surface area contributed by atoms with Crippen LogP contribution in [0.25, 0.3) is 0 Å². The van der Waals surface area contributed by atoms with Gasteiger partial charge >= 0.3 is 5.97 Å². The fourth-order valence-corrected chi connectivity index (χ4v) is 2.73. The van der Waals surface area contributed by atoms with Crippen LogP contribution in [0.1, 0.15) is 19.3 Å². The second-order valence-corrected chi connectivity index (χ2v) is 6.29. The van der Waals surface area contributed by atoms with Gasteiger partial charge in [-0.15, -0.1) is 0 Å².